The van der Waals surface area contributed by atoms with E-state index in [9.17, 15) is 5.11 Å². The van der Waals surface area contributed by atoms with Gasteiger partial charge in [0.2, 0.25) is 0 Å². The fraction of sp³-hybridized carbons (Fsp3) is 0.400. The van der Waals surface area contributed by atoms with Crippen LogP contribution in [0.3, 0.4) is 0 Å². The molecule has 2 heterocycles. The molecule has 1 aliphatic rings. The maximum atomic E-state index is 10.6. The summed E-state index contributed by atoms with van der Waals surface area (Å²) in [5.74, 6) is 0. The number of aromatic amines is 1. The number of piperidine rings is 1. The fourth-order valence-corrected chi connectivity index (χ4v) is 2.71. The van der Waals surface area contributed by atoms with Crippen molar-refractivity contribution in [2.24, 2.45) is 0 Å². The number of rotatable bonds is 3. The van der Waals surface area contributed by atoms with Crippen molar-refractivity contribution in [2.45, 2.75) is 25.0 Å². The first-order valence-corrected chi connectivity index (χ1v) is 6.75. The molecule has 1 saturated heterocycles. The average molecular weight is 257 g/mol. The number of aliphatic hydroxyl groups is 1. The summed E-state index contributed by atoms with van der Waals surface area (Å²) in [5, 5.41) is 17.4. The zero-order valence-electron chi connectivity index (χ0n) is 10.9. The molecule has 2 N–H and O–H groups in total. The van der Waals surface area contributed by atoms with Gasteiger partial charge in [-0.1, -0.05) is 30.3 Å². The SMILES string of the molecule is OC1(c2ccn[nH]2)CCN(Cc2ccccc2)CC1. The highest BCUT2D eigenvalue weighted by Gasteiger charge is 2.34. The lowest BCUT2D eigenvalue weighted by molar-refractivity contribution is -0.0311. The van der Waals surface area contributed by atoms with Crippen LogP contribution < -0.4 is 0 Å². The summed E-state index contributed by atoms with van der Waals surface area (Å²) in [6.45, 7) is 2.77. The number of aromatic nitrogens is 2. The van der Waals surface area contributed by atoms with E-state index in [0.717, 1.165) is 38.2 Å². The predicted molar refractivity (Wildman–Crippen MR) is 73.4 cm³/mol. The topological polar surface area (TPSA) is 52.2 Å². The van der Waals surface area contributed by atoms with Crippen LogP contribution >= 0.6 is 0 Å². The molecule has 0 amide bonds. The van der Waals surface area contributed by atoms with Gasteiger partial charge in [-0.25, -0.2) is 0 Å². The summed E-state index contributed by atoms with van der Waals surface area (Å²) >= 11 is 0. The van der Waals surface area contributed by atoms with E-state index in [2.05, 4.69) is 39.4 Å². The summed E-state index contributed by atoms with van der Waals surface area (Å²) in [7, 11) is 0. The number of nitrogens with one attached hydrogen (secondary N) is 1. The second-order valence-corrected chi connectivity index (χ2v) is 5.26. The third-order valence-corrected chi connectivity index (χ3v) is 3.93. The van der Waals surface area contributed by atoms with Crippen molar-refractivity contribution < 1.29 is 5.11 Å². The van der Waals surface area contributed by atoms with Crippen molar-refractivity contribution >= 4 is 0 Å². The summed E-state index contributed by atoms with van der Waals surface area (Å²) in [4.78, 5) is 2.39. The molecule has 1 fully saturated rings. The van der Waals surface area contributed by atoms with Crippen molar-refractivity contribution in [1.82, 2.24) is 15.1 Å². The average Bonchev–Trinajstić information content (AvgIpc) is 2.98. The van der Waals surface area contributed by atoms with Crippen LogP contribution in [0, 0.1) is 0 Å². The van der Waals surface area contributed by atoms with Crippen LogP contribution in [0.4, 0.5) is 0 Å². The van der Waals surface area contributed by atoms with E-state index in [0.29, 0.717) is 0 Å². The maximum absolute atomic E-state index is 10.6. The molecule has 0 unspecified atom stereocenters. The monoisotopic (exact) mass is 257 g/mol. The van der Waals surface area contributed by atoms with Crippen molar-refractivity contribution in [1.29, 1.82) is 0 Å². The van der Waals surface area contributed by atoms with Crippen molar-refractivity contribution in [3.63, 3.8) is 0 Å². The Hall–Kier alpha value is -1.65. The quantitative estimate of drug-likeness (QED) is 0.883. The van der Waals surface area contributed by atoms with Gasteiger partial charge in [-0.05, 0) is 24.5 Å². The Morgan fingerprint density at radius 1 is 1.16 bits per heavy atom. The first kappa shape index (κ1) is 12.4. The van der Waals surface area contributed by atoms with Gasteiger partial charge in [0.1, 0.15) is 5.60 Å². The molecule has 0 aliphatic carbocycles. The summed E-state index contributed by atoms with van der Waals surface area (Å²) in [6, 6.07) is 12.3. The van der Waals surface area contributed by atoms with E-state index in [-0.39, 0.29) is 0 Å². The van der Waals surface area contributed by atoms with Crippen LogP contribution in [0.5, 0.6) is 0 Å². The third-order valence-electron chi connectivity index (χ3n) is 3.93. The first-order chi connectivity index (χ1) is 9.26. The Labute approximate surface area is 113 Å². The van der Waals surface area contributed by atoms with E-state index in [1.54, 1.807) is 6.20 Å². The van der Waals surface area contributed by atoms with Crippen molar-refractivity contribution in [3.05, 3.63) is 53.9 Å². The van der Waals surface area contributed by atoms with Gasteiger partial charge in [0.05, 0.1) is 5.69 Å². The molecule has 1 aromatic carbocycles. The zero-order valence-corrected chi connectivity index (χ0v) is 10.9. The third kappa shape index (κ3) is 2.69. The standard InChI is InChI=1S/C15H19N3O/c19-15(14-6-9-16-17-14)7-10-18(11-8-15)12-13-4-2-1-3-5-13/h1-6,9,19H,7-8,10-12H2,(H,16,17). The molecule has 19 heavy (non-hydrogen) atoms. The summed E-state index contributed by atoms with van der Waals surface area (Å²) in [5.41, 5.74) is 1.44. The smallest absolute Gasteiger partial charge is 0.108 e. The molecule has 0 bridgehead atoms. The van der Waals surface area contributed by atoms with E-state index in [1.807, 2.05) is 12.1 Å². The predicted octanol–water partition coefficient (Wildman–Crippen LogP) is 1.89. The Morgan fingerprint density at radius 3 is 2.53 bits per heavy atom. The number of H-pyrrole nitrogens is 1. The highest BCUT2D eigenvalue weighted by atomic mass is 16.3. The first-order valence-electron chi connectivity index (χ1n) is 6.75. The minimum Gasteiger partial charge on any atom is -0.383 e. The van der Waals surface area contributed by atoms with Gasteiger partial charge in [0.15, 0.2) is 0 Å². The minimum atomic E-state index is -0.732. The molecular formula is C15H19N3O. The molecule has 1 aromatic heterocycles. The Bertz CT molecular complexity index is 501. The van der Waals surface area contributed by atoms with E-state index in [4.69, 9.17) is 0 Å². The number of hydrogen-bond acceptors (Lipinski definition) is 3. The molecule has 2 aromatic rings. The number of likely N-dealkylation sites (tertiary alicyclic amines) is 1. The van der Waals surface area contributed by atoms with Crippen LogP contribution in [0.1, 0.15) is 24.1 Å². The zero-order chi connectivity index (χ0) is 13.1. The van der Waals surface area contributed by atoms with E-state index < -0.39 is 5.60 Å². The summed E-state index contributed by atoms with van der Waals surface area (Å²) in [6.07, 6.45) is 3.20. The molecule has 0 atom stereocenters. The highest BCUT2D eigenvalue weighted by molar-refractivity contribution is 5.15. The van der Waals surface area contributed by atoms with Gasteiger partial charge >= 0.3 is 0 Å². The van der Waals surface area contributed by atoms with Crippen LogP contribution in [0.15, 0.2) is 42.6 Å². The lowest BCUT2D eigenvalue weighted by Crippen LogP contribution is -2.42. The van der Waals surface area contributed by atoms with Crippen molar-refractivity contribution in [2.75, 3.05) is 13.1 Å². The minimum absolute atomic E-state index is 0.732. The Morgan fingerprint density at radius 2 is 1.89 bits per heavy atom. The second kappa shape index (κ2) is 5.15. The number of hydrogen-bond donors (Lipinski definition) is 2. The highest BCUT2D eigenvalue weighted by Crippen LogP contribution is 2.31. The largest absolute Gasteiger partial charge is 0.383 e. The van der Waals surface area contributed by atoms with Crippen LogP contribution in [-0.4, -0.2) is 33.3 Å². The Balaban J connectivity index is 1.61. The van der Waals surface area contributed by atoms with Crippen LogP contribution in [0.25, 0.3) is 0 Å². The molecule has 3 rings (SSSR count). The normalized spacial score (nSPS) is 19.4. The van der Waals surface area contributed by atoms with Gasteiger partial charge in [0, 0.05) is 25.8 Å². The summed E-state index contributed by atoms with van der Waals surface area (Å²) < 4.78 is 0. The van der Waals surface area contributed by atoms with Gasteiger partial charge in [0.25, 0.3) is 0 Å². The van der Waals surface area contributed by atoms with Crippen LogP contribution in [0.2, 0.25) is 0 Å². The van der Waals surface area contributed by atoms with E-state index >= 15 is 0 Å². The molecule has 0 saturated carbocycles. The number of nitrogens with zero attached hydrogens (tertiary/aromatic N) is 2. The molecular weight excluding hydrogens is 238 g/mol. The van der Waals surface area contributed by atoms with Crippen molar-refractivity contribution in [3.8, 4) is 0 Å². The molecule has 0 radical (unpaired) electrons. The van der Waals surface area contributed by atoms with Gasteiger partial charge in [-0.2, -0.15) is 5.10 Å². The molecule has 4 nitrogen and oxygen atoms in total. The lowest BCUT2D eigenvalue weighted by atomic mass is 9.88. The molecule has 0 spiro atoms. The van der Waals surface area contributed by atoms with Crippen LogP contribution in [-0.2, 0) is 12.1 Å². The maximum Gasteiger partial charge on any atom is 0.108 e. The fourth-order valence-electron chi connectivity index (χ4n) is 2.71. The molecule has 4 heteroatoms. The van der Waals surface area contributed by atoms with Gasteiger partial charge < -0.3 is 5.11 Å². The Kier molecular flexibility index (Phi) is 3.36. The van der Waals surface area contributed by atoms with Gasteiger partial charge in [-0.15, -0.1) is 0 Å². The number of benzene rings is 1. The van der Waals surface area contributed by atoms with Gasteiger partial charge in [-0.3, -0.25) is 10.00 Å². The lowest BCUT2D eigenvalue weighted by Gasteiger charge is -2.37. The molecule has 100 valence electrons. The van der Waals surface area contributed by atoms with E-state index in [1.165, 1.54) is 5.56 Å². The second-order valence-electron chi connectivity index (χ2n) is 5.26. The molecule has 1 aliphatic heterocycles.